The highest BCUT2D eigenvalue weighted by Crippen LogP contribution is 2.20. The molecule has 0 saturated heterocycles. The summed E-state index contributed by atoms with van der Waals surface area (Å²) in [6, 6.07) is 3.79. The van der Waals surface area contributed by atoms with Gasteiger partial charge in [-0.05, 0) is 22.6 Å². The molecule has 3 aromatic heterocycles. The van der Waals surface area contributed by atoms with E-state index in [1.54, 1.807) is 10.9 Å². The molecule has 1 N–H and O–H groups in total. The van der Waals surface area contributed by atoms with Gasteiger partial charge in [0.25, 0.3) is 0 Å². The smallest absolute Gasteiger partial charge is 0.217 e. The quantitative estimate of drug-likeness (QED) is 0.699. The van der Waals surface area contributed by atoms with E-state index < -0.39 is 0 Å². The number of thiazole rings is 1. The lowest BCUT2D eigenvalue weighted by atomic mass is 10.5. The van der Waals surface area contributed by atoms with Crippen molar-refractivity contribution in [2.75, 3.05) is 0 Å². The van der Waals surface area contributed by atoms with Crippen LogP contribution < -0.4 is 0 Å². The Morgan fingerprint density at radius 2 is 2.40 bits per heavy atom. The third-order valence-corrected chi connectivity index (χ3v) is 2.67. The van der Waals surface area contributed by atoms with Gasteiger partial charge in [-0.15, -0.1) is 16.4 Å². The number of H-pyrrole nitrogens is 1. The molecule has 0 aliphatic carbocycles. The number of nitrogens with zero attached hydrogens (tertiary/aromatic N) is 5. The maximum Gasteiger partial charge on any atom is 0.217 e. The van der Waals surface area contributed by atoms with Crippen molar-refractivity contribution in [1.82, 2.24) is 30.2 Å². The van der Waals surface area contributed by atoms with Crippen molar-refractivity contribution in [2.45, 2.75) is 0 Å². The molecule has 0 saturated carbocycles. The minimum Gasteiger partial charge on any atom is -0.347 e. The van der Waals surface area contributed by atoms with Crippen molar-refractivity contribution in [3.63, 3.8) is 0 Å². The molecule has 6 nitrogen and oxygen atoms in total. The van der Waals surface area contributed by atoms with Crippen molar-refractivity contribution in [2.24, 2.45) is 0 Å². The number of hydrogen-bond acceptors (Lipinski definition) is 5. The molecule has 0 radical (unpaired) electrons. The first kappa shape index (κ1) is 8.30. The zero-order chi connectivity index (χ0) is 10.1. The third-order valence-electron chi connectivity index (χ3n) is 1.90. The fourth-order valence-corrected chi connectivity index (χ4v) is 1.87. The Hall–Kier alpha value is -2.02. The second-order valence-electron chi connectivity index (χ2n) is 2.81. The van der Waals surface area contributed by atoms with E-state index in [0.717, 1.165) is 10.8 Å². The van der Waals surface area contributed by atoms with Crippen LogP contribution in [0.4, 0.5) is 0 Å². The monoisotopic (exact) mass is 218 g/mol. The Morgan fingerprint density at radius 1 is 1.40 bits per heavy atom. The Labute approximate surface area is 88.6 Å². The van der Waals surface area contributed by atoms with Gasteiger partial charge in [-0.3, -0.25) is 0 Å². The summed E-state index contributed by atoms with van der Waals surface area (Å²) in [7, 11) is 0. The van der Waals surface area contributed by atoms with Gasteiger partial charge in [0.1, 0.15) is 5.82 Å². The van der Waals surface area contributed by atoms with Crippen molar-refractivity contribution in [3.8, 4) is 16.6 Å². The minimum atomic E-state index is 0.646. The standard InChI is InChI=1S/C8H6N6S/c1-2-6(9-3-1)14-7(11-12-13-14)8-10-4-5-15-8/h1-5,9H. The summed E-state index contributed by atoms with van der Waals surface area (Å²) >= 11 is 1.50. The zero-order valence-corrected chi connectivity index (χ0v) is 8.35. The van der Waals surface area contributed by atoms with Crippen LogP contribution in [0.25, 0.3) is 16.6 Å². The van der Waals surface area contributed by atoms with Crippen molar-refractivity contribution in [1.29, 1.82) is 0 Å². The molecule has 0 bridgehead atoms. The average molecular weight is 218 g/mol. The van der Waals surface area contributed by atoms with Gasteiger partial charge in [0.05, 0.1) is 0 Å². The first-order chi connectivity index (χ1) is 7.45. The maximum absolute atomic E-state index is 4.17. The number of aromatic nitrogens is 6. The topological polar surface area (TPSA) is 72.3 Å². The number of tetrazole rings is 1. The van der Waals surface area contributed by atoms with Crippen LogP contribution in [-0.4, -0.2) is 30.2 Å². The summed E-state index contributed by atoms with van der Waals surface area (Å²) < 4.78 is 1.62. The van der Waals surface area contributed by atoms with Crippen LogP contribution in [0.15, 0.2) is 29.9 Å². The lowest BCUT2D eigenvalue weighted by Crippen LogP contribution is -1.99. The molecule has 0 unspecified atom stereocenters. The number of rotatable bonds is 2. The van der Waals surface area contributed by atoms with Crippen molar-refractivity contribution in [3.05, 3.63) is 29.9 Å². The highest BCUT2D eigenvalue weighted by Gasteiger charge is 2.12. The summed E-state index contributed by atoms with van der Waals surface area (Å²) in [5.41, 5.74) is 0. The fraction of sp³-hybridized carbons (Fsp3) is 0. The second kappa shape index (κ2) is 3.28. The molecule has 3 rings (SSSR count). The summed E-state index contributed by atoms with van der Waals surface area (Å²) in [5, 5.41) is 14.2. The van der Waals surface area contributed by atoms with E-state index in [2.05, 4.69) is 25.5 Å². The zero-order valence-electron chi connectivity index (χ0n) is 7.53. The Kier molecular flexibility index (Phi) is 1.82. The van der Waals surface area contributed by atoms with E-state index in [-0.39, 0.29) is 0 Å². The van der Waals surface area contributed by atoms with E-state index >= 15 is 0 Å². The first-order valence-corrected chi connectivity index (χ1v) is 5.15. The molecular formula is C8H6N6S. The van der Waals surface area contributed by atoms with Crippen LogP contribution in [0.5, 0.6) is 0 Å². The Bertz CT molecular complexity index is 489. The summed E-state index contributed by atoms with van der Waals surface area (Å²) in [4.78, 5) is 7.21. The first-order valence-electron chi connectivity index (χ1n) is 4.27. The maximum atomic E-state index is 4.17. The van der Waals surface area contributed by atoms with Gasteiger partial charge in [0.2, 0.25) is 5.82 Å². The lowest BCUT2D eigenvalue weighted by Gasteiger charge is -1.97. The highest BCUT2D eigenvalue weighted by molar-refractivity contribution is 7.13. The number of nitrogens with one attached hydrogen (secondary N) is 1. The molecule has 0 fully saturated rings. The second-order valence-corrected chi connectivity index (χ2v) is 3.70. The highest BCUT2D eigenvalue weighted by atomic mass is 32.1. The SMILES string of the molecule is c1c[nH]c(-n2nnnc2-c2nccs2)c1. The van der Waals surface area contributed by atoms with Gasteiger partial charge in [0.15, 0.2) is 5.01 Å². The Morgan fingerprint density at radius 3 is 3.13 bits per heavy atom. The van der Waals surface area contributed by atoms with Gasteiger partial charge in [-0.1, -0.05) is 0 Å². The Balaban J connectivity index is 2.15. The average Bonchev–Trinajstić information content (AvgIpc) is 3.01. The normalized spacial score (nSPS) is 10.7. The molecule has 74 valence electrons. The molecule has 0 spiro atoms. The lowest BCUT2D eigenvalue weighted by molar-refractivity contribution is 0.777. The van der Waals surface area contributed by atoms with Crippen LogP contribution >= 0.6 is 11.3 Å². The van der Waals surface area contributed by atoms with E-state index in [1.165, 1.54) is 11.3 Å². The number of aromatic amines is 1. The predicted molar refractivity (Wildman–Crippen MR) is 54.6 cm³/mol. The van der Waals surface area contributed by atoms with Crippen LogP contribution in [0.3, 0.4) is 0 Å². The van der Waals surface area contributed by atoms with E-state index in [1.807, 2.05) is 23.7 Å². The minimum absolute atomic E-state index is 0.646. The summed E-state index contributed by atoms with van der Waals surface area (Å²) in [6.07, 6.45) is 3.55. The molecule has 7 heteroatoms. The van der Waals surface area contributed by atoms with Crippen molar-refractivity contribution >= 4 is 11.3 Å². The largest absolute Gasteiger partial charge is 0.347 e. The van der Waals surface area contributed by atoms with E-state index in [0.29, 0.717) is 5.82 Å². The van der Waals surface area contributed by atoms with Crippen LogP contribution in [0.2, 0.25) is 0 Å². The van der Waals surface area contributed by atoms with Gasteiger partial charge in [-0.2, -0.15) is 4.68 Å². The molecule has 0 aromatic carbocycles. The van der Waals surface area contributed by atoms with Crippen molar-refractivity contribution < 1.29 is 0 Å². The predicted octanol–water partition coefficient (Wildman–Crippen LogP) is 1.11. The molecule has 15 heavy (non-hydrogen) atoms. The van der Waals surface area contributed by atoms with E-state index in [9.17, 15) is 0 Å². The van der Waals surface area contributed by atoms with Gasteiger partial charge in [-0.25, -0.2) is 4.98 Å². The molecular weight excluding hydrogens is 212 g/mol. The summed E-state index contributed by atoms with van der Waals surface area (Å²) in [5.74, 6) is 1.47. The fourth-order valence-electron chi connectivity index (χ4n) is 1.27. The summed E-state index contributed by atoms with van der Waals surface area (Å²) in [6.45, 7) is 0. The number of hydrogen-bond donors (Lipinski definition) is 1. The molecule has 0 amide bonds. The van der Waals surface area contributed by atoms with Crippen LogP contribution in [0, 0.1) is 0 Å². The van der Waals surface area contributed by atoms with Crippen LogP contribution in [0.1, 0.15) is 0 Å². The third kappa shape index (κ3) is 1.33. The van der Waals surface area contributed by atoms with Gasteiger partial charge in [0, 0.05) is 17.8 Å². The van der Waals surface area contributed by atoms with E-state index in [4.69, 9.17) is 0 Å². The molecule has 0 aliphatic rings. The molecule has 0 aliphatic heterocycles. The van der Waals surface area contributed by atoms with Gasteiger partial charge >= 0.3 is 0 Å². The molecule has 3 heterocycles. The molecule has 3 aromatic rings. The molecule has 0 atom stereocenters. The van der Waals surface area contributed by atoms with Crippen LogP contribution in [-0.2, 0) is 0 Å². The van der Waals surface area contributed by atoms with Gasteiger partial charge < -0.3 is 4.98 Å².